The topological polar surface area (TPSA) is 28.2 Å². The predicted octanol–water partition coefficient (Wildman–Crippen LogP) is 3.14. The molecule has 2 aromatic rings. The van der Waals surface area contributed by atoms with Crippen molar-refractivity contribution in [3.05, 3.63) is 22.2 Å². The van der Waals surface area contributed by atoms with Crippen LogP contribution in [0, 0.1) is 12.8 Å². The highest BCUT2D eigenvalue weighted by molar-refractivity contribution is 7.19. The van der Waals surface area contributed by atoms with E-state index in [-0.39, 0.29) is 0 Å². The first-order valence-electron chi connectivity index (χ1n) is 8.10. The normalized spacial score (nSPS) is 22.6. The highest BCUT2D eigenvalue weighted by atomic mass is 32.1. The molecule has 21 heavy (non-hydrogen) atoms. The lowest BCUT2D eigenvalue weighted by molar-refractivity contribution is 0.509. The van der Waals surface area contributed by atoms with E-state index in [1.165, 1.54) is 35.2 Å². The van der Waals surface area contributed by atoms with Gasteiger partial charge in [-0.3, -0.25) is 0 Å². The zero-order valence-corrected chi connectivity index (χ0v) is 13.7. The van der Waals surface area contributed by atoms with Gasteiger partial charge in [-0.1, -0.05) is 6.92 Å². The molecule has 3 heterocycles. The standard InChI is InChI=1S/C17H23N3S/c1-11-3-4-13-15(9-11)21-17-16(13)14(10-12(2)19-17)20-7-5-18-6-8-20/h10-11,18H,3-9H2,1-2H3. The largest absolute Gasteiger partial charge is 0.368 e. The third-order valence-electron chi connectivity index (χ3n) is 4.83. The Hall–Kier alpha value is -1.13. The molecule has 0 saturated carbocycles. The monoisotopic (exact) mass is 301 g/mol. The average molecular weight is 301 g/mol. The van der Waals surface area contributed by atoms with Crippen LogP contribution in [0.1, 0.15) is 29.5 Å². The van der Waals surface area contributed by atoms with Crippen molar-refractivity contribution in [2.24, 2.45) is 5.92 Å². The van der Waals surface area contributed by atoms with Gasteiger partial charge < -0.3 is 10.2 Å². The maximum absolute atomic E-state index is 4.84. The smallest absolute Gasteiger partial charge is 0.126 e. The third kappa shape index (κ3) is 2.34. The molecule has 112 valence electrons. The van der Waals surface area contributed by atoms with E-state index < -0.39 is 0 Å². The van der Waals surface area contributed by atoms with Gasteiger partial charge in [-0.15, -0.1) is 11.3 Å². The summed E-state index contributed by atoms with van der Waals surface area (Å²) >= 11 is 1.94. The second kappa shape index (κ2) is 5.25. The first-order chi connectivity index (χ1) is 10.2. The Kier molecular flexibility index (Phi) is 3.38. The van der Waals surface area contributed by atoms with Crippen LogP contribution in [0.5, 0.6) is 0 Å². The van der Waals surface area contributed by atoms with Gasteiger partial charge >= 0.3 is 0 Å². The Morgan fingerprint density at radius 1 is 1.33 bits per heavy atom. The fourth-order valence-corrected chi connectivity index (χ4v) is 5.14. The zero-order valence-electron chi connectivity index (χ0n) is 12.9. The number of pyridine rings is 1. The van der Waals surface area contributed by atoms with E-state index in [1.54, 1.807) is 10.4 Å². The van der Waals surface area contributed by atoms with Gasteiger partial charge in [0.05, 0.1) is 0 Å². The van der Waals surface area contributed by atoms with Crippen LogP contribution in [0.3, 0.4) is 0 Å². The molecule has 0 radical (unpaired) electrons. The quantitative estimate of drug-likeness (QED) is 0.877. The number of piperazine rings is 1. The lowest BCUT2D eigenvalue weighted by atomic mass is 9.89. The number of aromatic nitrogens is 1. The number of nitrogens with zero attached hydrogens (tertiary/aromatic N) is 2. The van der Waals surface area contributed by atoms with Crippen LogP contribution in [0.25, 0.3) is 10.2 Å². The van der Waals surface area contributed by atoms with Gasteiger partial charge in [-0.05, 0) is 43.7 Å². The summed E-state index contributed by atoms with van der Waals surface area (Å²) in [4.78, 5) is 10.3. The number of hydrogen-bond acceptors (Lipinski definition) is 4. The van der Waals surface area contributed by atoms with E-state index in [9.17, 15) is 0 Å². The number of anilines is 1. The Labute approximate surface area is 130 Å². The van der Waals surface area contributed by atoms with Gasteiger partial charge in [-0.25, -0.2) is 4.98 Å². The van der Waals surface area contributed by atoms with Crippen molar-refractivity contribution in [3.8, 4) is 0 Å². The number of hydrogen-bond donors (Lipinski definition) is 1. The first kappa shape index (κ1) is 13.5. The van der Waals surface area contributed by atoms with Crippen LogP contribution in [-0.4, -0.2) is 31.2 Å². The molecular formula is C17H23N3S. The minimum atomic E-state index is 0.828. The molecule has 2 aromatic heterocycles. The van der Waals surface area contributed by atoms with Crippen molar-refractivity contribution < 1.29 is 0 Å². The molecule has 1 unspecified atom stereocenters. The minimum absolute atomic E-state index is 0.828. The van der Waals surface area contributed by atoms with Gasteiger partial charge in [0.1, 0.15) is 4.83 Å². The summed E-state index contributed by atoms with van der Waals surface area (Å²) < 4.78 is 0. The summed E-state index contributed by atoms with van der Waals surface area (Å²) in [5, 5.41) is 4.92. The average Bonchev–Trinajstić information content (AvgIpc) is 2.84. The first-order valence-corrected chi connectivity index (χ1v) is 8.91. The van der Waals surface area contributed by atoms with E-state index in [0.29, 0.717) is 0 Å². The molecule has 0 bridgehead atoms. The fourth-order valence-electron chi connectivity index (χ4n) is 3.70. The summed E-state index contributed by atoms with van der Waals surface area (Å²) in [6.07, 6.45) is 3.81. The molecule has 1 atom stereocenters. The van der Waals surface area contributed by atoms with Crippen LogP contribution < -0.4 is 10.2 Å². The Balaban J connectivity index is 1.88. The second-order valence-electron chi connectivity index (χ2n) is 6.55. The molecule has 2 aliphatic rings. The molecule has 1 fully saturated rings. The number of rotatable bonds is 1. The lowest BCUT2D eigenvalue weighted by Crippen LogP contribution is -2.43. The summed E-state index contributed by atoms with van der Waals surface area (Å²) in [7, 11) is 0. The van der Waals surface area contributed by atoms with Crippen molar-refractivity contribution in [2.45, 2.75) is 33.1 Å². The Bertz CT molecular complexity index is 670. The molecule has 1 N–H and O–H groups in total. The molecule has 4 rings (SSSR count). The SMILES string of the molecule is Cc1cc(N2CCNCC2)c2c3c(sc2n1)CC(C)CC3. The summed E-state index contributed by atoms with van der Waals surface area (Å²) in [6.45, 7) is 8.91. The molecule has 1 saturated heterocycles. The molecule has 4 heteroatoms. The fraction of sp³-hybridized carbons (Fsp3) is 0.588. The molecule has 0 aromatic carbocycles. The maximum atomic E-state index is 4.84. The van der Waals surface area contributed by atoms with Crippen molar-refractivity contribution in [1.29, 1.82) is 0 Å². The third-order valence-corrected chi connectivity index (χ3v) is 5.98. The number of nitrogens with one attached hydrogen (secondary N) is 1. The van der Waals surface area contributed by atoms with Crippen LogP contribution in [0.2, 0.25) is 0 Å². The zero-order chi connectivity index (χ0) is 14.4. The Morgan fingerprint density at radius 3 is 2.95 bits per heavy atom. The van der Waals surface area contributed by atoms with E-state index in [1.807, 2.05) is 11.3 Å². The lowest BCUT2D eigenvalue weighted by Gasteiger charge is -2.30. The number of thiophene rings is 1. The molecule has 1 aliphatic heterocycles. The van der Waals surface area contributed by atoms with Crippen molar-refractivity contribution in [2.75, 3.05) is 31.1 Å². The van der Waals surface area contributed by atoms with E-state index >= 15 is 0 Å². The Morgan fingerprint density at radius 2 is 2.14 bits per heavy atom. The van der Waals surface area contributed by atoms with Crippen LogP contribution >= 0.6 is 11.3 Å². The van der Waals surface area contributed by atoms with E-state index in [4.69, 9.17) is 4.98 Å². The van der Waals surface area contributed by atoms with Crippen molar-refractivity contribution >= 4 is 27.2 Å². The van der Waals surface area contributed by atoms with Gasteiger partial charge in [-0.2, -0.15) is 0 Å². The number of fused-ring (bicyclic) bond motifs is 3. The highest BCUT2D eigenvalue weighted by Crippen LogP contribution is 2.41. The molecule has 0 spiro atoms. The summed E-state index contributed by atoms with van der Waals surface area (Å²) in [5.41, 5.74) is 4.20. The summed E-state index contributed by atoms with van der Waals surface area (Å²) in [6, 6.07) is 2.30. The van der Waals surface area contributed by atoms with Crippen LogP contribution in [-0.2, 0) is 12.8 Å². The molecular weight excluding hydrogens is 278 g/mol. The highest BCUT2D eigenvalue weighted by Gasteiger charge is 2.24. The molecule has 3 nitrogen and oxygen atoms in total. The van der Waals surface area contributed by atoms with Crippen LogP contribution in [0.15, 0.2) is 6.07 Å². The molecule has 0 amide bonds. The van der Waals surface area contributed by atoms with Gasteiger partial charge in [0.2, 0.25) is 0 Å². The van der Waals surface area contributed by atoms with E-state index in [0.717, 1.165) is 37.8 Å². The van der Waals surface area contributed by atoms with Crippen LogP contribution in [0.4, 0.5) is 5.69 Å². The predicted molar refractivity (Wildman–Crippen MR) is 90.6 cm³/mol. The van der Waals surface area contributed by atoms with E-state index in [2.05, 4.69) is 30.1 Å². The minimum Gasteiger partial charge on any atom is -0.368 e. The van der Waals surface area contributed by atoms with Crippen molar-refractivity contribution in [1.82, 2.24) is 10.3 Å². The second-order valence-corrected chi connectivity index (χ2v) is 7.64. The van der Waals surface area contributed by atoms with Crippen molar-refractivity contribution in [3.63, 3.8) is 0 Å². The number of aryl methyl sites for hydroxylation is 2. The molecule has 1 aliphatic carbocycles. The maximum Gasteiger partial charge on any atom is 0.126 e. The van der Waals surface area contributed by atoms with Gasteiger partial charge in [0.15, 0.2) is 0 Å². The summed E-state index contributed by atoms with van der Waals surface area (Å²) in [5.74, 6) is 0.828. The van der Waals surface area contributed by atoms with Gasteiger partial charge in [0.25, 0.3) is 0 Å². The van der Waals surface area contributed by atoms with Gasteiger partial charge in [0, 0.05) is 47.8 Å².